The van der Waals surface area contributed by atoms with Crippen molar-refractivity contribution in [1.29, 1.82) is 0 Å². The molecule has 1 fully saturated rings. The van der Waals surface area contributed by atoms with Crippen LogP contribution in [0.5, 0.6) is 0 Å². The summed E-state index contributed by atoms with van der Waals surface area (Å²) < 4.78 is 30.7. The number of hydrogen-bond acceptors (Lipinski definition) is 6. The Hall–Kier alpha value is -2.72. The smallest absolute Gasteiger partial charge is 0.295 e. The number of nitrogens with zero attached hydrogens (tertiary/aromatic N) is 2. The predicted molar refractivity (Wildman–Crippen MR) is 120 cm³/mol. The van der Waals surface area contributed by atoms with Crippen molar-refractivity contribution in [3.05, 3.63) is 70.3 Å². The Balaban J connectivity index is 2.13. The number of hydrogen-bond donors (Lipinski definition) is 1. The van der Waals surface area contributed by atoms with E-state index in [2.05, 4.69) is 0 Å². The molecule has 170 valence electrons. The average Bonchev–Trinajstić information content (AvgIpc) is 3.02. The molecular weight excluding hydrogens is 456 g/mol. The first-order valence-electron chi connectivity index (χ1n) is 9.65. The lowest BCUT2D eigenvalue weighted by atomic mass is 9.95. The summed E-state index contributed by atoms with van der Waals surface area (Å²) >= 11 is 6.13. The summed E-state index contributed by atoms with van der Waals surface area (Å²) in [6.07, 6.45) is 0. The second-order valence-electron chi connectivity index (χ2n) is 7.35. The third-order valence-corrected chi connectivity index (χ3v) is 7.21. The Morgan fingerprint density at radius 3 is 2.38 bits per heavy atom. The molecule has 0 spiro atoms. The van der Waals surface area contributed by atoms with Gasteiger partial charge in [-0.15, -0.1) is 0 Å². The van der Waals surface area contributed by atoms with Crippen molar-refractivity contribution in [1.82, 2.24) is 9.21 Å². The van der Waals surface area contributed by atoms with Crippen LogP contribution in [0.4, 0.5) is 0 Å². The van der Waals surface area contributed by atoms with Crippen molar-refractivity contribution in [2.24, 2.45) is 0 Å². The van der Waals surface area contributed by atoms with Gasteiger partial charge in [-0.3, -0.25) is 9.59 Å². The van der Waals surface area contributed by atoms with Gasteiger partial charge in [-0.05, 0) is 42.0 Å². The lowest BCUT2D eigenvalue weighted by Gasteiger charge is -2.25. The normalized spacial score (nSPS) is 18.5. The fourth-order valence-electron chi connectivity index (χ4n) is 3.47. The highest BCUT2D eigenvalue weighted by molar-refractivity contribution is 7.89. The van der Waals surface area contributed by atoms with Crippen molar-refractivity contribution in [2.75, 3.05) is 34.4 Å². The number of Topliss-reactive ketones (excluding diaryl/α,β-unsaturated/α-hetero) is 1. The molecule has 2 aromatic carbocycles. The second-order valence-corrected chi connectivity index (χ2v) is 9.94. The number of sulfonamides is 1. The number of halogens is 1. The van der Waals surface area contributed by atoms with E-state index in [1.54, 1.807) is 24.3 Å². The summed E-state index contributed by atoms with van der Waals surface area (Å²) in [5.41, 5.74) is 0.664. The molecule has 0 aromatic heterocycles. The SMILES string of the molecule is COCCN1C(=O)C(=O)C(=C(O)c2ccc(S(=O)(=O)N(C)C)cc2)[C@H]1c1cccc(Cl)c1. The van der Waals surface area contributed by atoms with Gasteiger partial charge in [-0.1, -0.05) is 23.7 Å². The molecule has 0 bridgehead atoms. The topological polar surface area (TPSA) is 104 Å². The van der Waals surface area contributed by atoms with E-state index in [1.807, 2.05) is 0 Å². The molecule has 1 N–H and O–H groups in total. The zero-order chi connectivity index (χ0) is 23.6. The van der Waals surface area contributed by atoms with Crippen LogP contribution < -0.4 is 0 Å². The molecule has 1 aliphatic heterocycles. The molecule has 8 nitrogen and oxygen atoms in total. The minimum Gasteiger partial charge on any atom is -0.507 e. The van der Waals surface area contributed by atoms with E-state index < -0.39 is 33.5 Å². The van der Waals surface area contributed by atoms with E-state index in [0.717, 1.165) is 4.31 Å². The fraction of sp³-hybridized carbons (Fsp3) is 0.273. The maximum absolute atomic E-state index is 12.9. The van der Waals surface area contributed by atoms with Crippen molar-refractivity contribution in [2.45, 2.75) is 10.9 Å². The molecule has 1 atom stereocenters. The first-order valence-corrected chi connectivity index (χ1v) is 11.5. The van der Waals surface area contributed by atoms with Crippen LogP contribution in [0.2, 0.25) is 5.02 Å². The monoisotopic (exact) mass is 478 g/mol. The number of benzene rings is 2. The highest BCUT2D eigenvalue weighted by Gasteiger charge is 2.45. The van der Waals surface area contributed by atoms with Gasteiger partial charge in [-0.2, -0.15) is 0 Å². The second kappa shape index (κ2) is 9.41. The molecular formula is C22H23ClN2O6S. The maximum Gasteiger partial charge on any atom is 0.295 e. The van der Waals surface area contributed by atoms with Gasteiger partial charge >= 0.3 is 0 Å². The van der Waals surface area contributed by atoms with Crippen LogP contribution >= 0.6 is 11.6 Å². The number of carbonyl (C=O) groups is 2. The van der Waals surface area contributed by atoms with Gasteiger partial charge in [0.25, 0.3) is 11.7 Å². The van der Waals surface area contributed by atoms with Crippen LogP contribution in [-0.4, -0.2) is 68.8 Å². The molecule has 0 unspecified atom stereocenters. The van der Waals surface area contributed by atoms with E-state index in [0.29, 0.717) is 10.6 Å². The van der Waals surface area contributed by atoms with Crippen molar-refractivity contribution >= 4 is 39.1 Å². The number of amides is 1. The van der Waals surface area contributed by atoms with Gasteiger partial charge in [0.05, 0.1) is 23.1 Å². The lowest BCUT2D eigenvalue weighted by molar-refractivity contribution is -0.140. The molecule has 1 aliphatic rings. The van der Waals surface area contributed by atoms with Crippen LogP contribution in [0.15, 0.2) is 59.0 Å². The van der Waals surface area contributed by atoms with Gasteiger partial charge in [-0.25, -0.2) is 12.7 Å². The van der Waals surface area contributed by atoms with Crippen LogP contribution in [0.3, 0.4) is 0 Å². The van der Waals surface area contributed by atoms with Gasteiger partial charge in [0.2, 0.25) is 10.0 Å². The summed E-state index contributed by atoms with van der Waals surface area (Å²) in [7, 11) is 0.648. The molecule has 32 heavy (non-hydrogen) atoms. The Morgan fingerprint density at radius 2 is 1.81 bits per heavy atom. The quantitative estimate of drug-likeness (QED) is 0.372. The summed E-state index contributed by atoms with van der Waals surface area (Å²) in [5, 5.41) is 11.4. The van der Waals surface area contributed by atoms with E-state index >= 15 is 0 Å². The molecule has 0 radical (unpaired) electrons. The number of methoxy groups -OCH3 is 1. The molecule has 0 aliphatic carbocycles. The molecule has 10 heteroatoms. The third kappa shape index (κ3) is 4.42. The number of likely N-dealkylation sites (tertiary alicyclic amines) is 1. The third-order valence-electron chi connectivity index (χ3n) is 5.15. The highest BCUT2D eigenvalue weighted by Crippen LogP contribution is 2.39. The van der Waals surface area contributed by atoms with Crippen LogP contribution in [0.25, 0.3) is 5.76 Å². The number of aliphatic hydroxyl groups is 1. The van der Waals surface area contributed by atoms with Crippen molar-refractivity contribution in [3.63, 3.8) is 0 Å². The molecule has 2 aromatic rings. The van der Waals surface area contributed by atoms with E-state index in [9.17, 15) is 23.1 Å². The Labute approximate surface area is 191 Å². The standard InChI is InChI=1S/C22H23ClN2O6S/c1-24(2)32(29,30)17-9-7-14(8-10-17)20(26)18-19(15-5-4-6-16(23)13-15)25(11-12-31-3)22(28)21(18)27/h4-10,13,19,26H,11-12H2,1-3H3/t19-/m1/s1. The number of carbonyl (C=O) groups excluding carboxylic acids is 2. The van der Waals surface area contributed by atoms with Crippen LogP contribution in [0, 0.1) is 0 Å². The maximum atomic E-state index is 12.9. The minimum absolute atomic E-state index is 0.0333. The molecule has 1 saturated heterocycles. The number of aliphatic hydroxyl groups excluding tert-OH is 1. The number of ether oxygens (including phenoxy) is 1. The van der Waals surface area contributed by atoms with Crippen molar-refractivity contribution in [3.8, 4) is 0 Å². The minimum atomic E-state index is -3.66. The zero-order valence-electron chi connectivity index (χ0n) is 17.8. The van der Waals surface area contributed by atoms with Gasteiger partial charge < -0.3 is 14.7 Å². The highest BCUT2D eigenvalue weighted by atomic mass is 35.5. The summed E-state index contributed by atoms with van der Waals surface area (Å²) in [6, 6.07) is 11.3. The van der Waals surface area contributed by atoms with Gasteiger partial charge in [0.15, 0.2) is 0 Å². The summed E-state index contributed by atoms with van der Waals surface area (Å²) in [4.78, 5) is 27.0. The summed E-state index contributed by atoms with van der Waals surface area (Å²) in [6.45, 7) is 0.330. The average molecular weight is 479 g/mol. The Kier molecular flexibility index (Phi) is 7.04. The molecule has 1 amide bonds. The number of ketones is 1. The summed E-state index contributed by atoms with van der Waals surface area (Å²) in [5.74, 6) is -2.00. The Morgan fingerprint density at radius 1 is 1.16 bits per heavy atom. The lowest BCUT2D eigenvalue weighted by Crippen LogP contribution is -2.32. The van der Waals surface area contributed by atoms with E-state index in [4.69, 9.17) is 16.3 Å². The fourth-order valence-corrected chi connectivity index (χ4v) is 4.57. The van der Waals surface area contributed by atoms with Gasteiger partial charge in [0.1, 0.15) is 5.76 Å². The molecule has 1 heterocycles. The van der Waals surface area contributed by atoms with Crippen LogP contribution in [-0.2, 0) is 24.3 Å². The Bertz CT molecular complexity index is 1180. The molecule has 0 saturated carbocycles. The largest absolute Gasteiger partial charge is 0.507 e. The van der Waals surface area contributed by atoms with Crippen LogP contribution in [0.1, 0.15) is 17.2 Å². The van der Waals surface area contributed by atoms with Gasteiger partial charge in [0, 0.05) is 38.3 Å². The zero-order valence-corrected chi connectivity index (χ0v) is 19.4. The number of rotatable bonds is 7. The van der Waals surface area contributed by atoms with Crippen molar-refractivity contribution < 1.29 is 27.9 Å². The molecule has 3 rings (SSSR count). The van der Waals surface area contributed by atoms with E-state index in [1.165, 1.54) is 50.4 Å². The predicted octanol–water partition coefficient (Wildman–Crippen LogP) is 2.66. The van der Waals surface area contributed by atoms with E-state index in [-0.39, 0.29) is 29.2 Å². The first-order chi connectivity index (χ1) is 15.1. The first kappa shape index (κ1) is 23.9.